The van der Waals surface area contributed by atoms with Crippen molar-refractivity contribution in [2.45, 2.75) is 38.6 Å². The molecule has 0 aromatic heterocycles. The topological polar surface area (TPSA) is 90.9 Å². The van der Waals surface area contributed by atoms with Gasteiger partial charge in [0.15, 0.2) is 0 Å². The maximum Gasteiger partial charge on any atom is 0.132 e. The standard InChI is InChI=1S/C16H29NO6/c1-14(19)5-9-22-12-16(17-3,11-21-8-4-7-18)13-23-10-6-15(2)20/h7,17H,4-6,8-13H2,1-3H3. The first-order chi connectivity index (χ1) is 11.0. The number of nitrogens with one attached hydrogen (secondary N) is 1. The van der Waals surface area contributed by atoms with Crippen LogP contribution in [0.25, 0.3) is 0 Å². The smallest absolute Gasteiger partial charge is 0.132 e. The van der Waals surface area contributed by atoms with E-state index in [4.69, 9.17) is 14.2 Å². The van der Waals surface area contributed by atoms with Crippen LogP contribution in [0.15, 0.2) is 0 Å². The van der Waals surface area contributed by atoms with Crippen LogP contribution in [0.2, 0.25) is 0 Å². The predicted octanol–water partition coefficient (Wildman–Crippen LogP) is 0.542. The Morgan fingerprint density at radius 2 is 1.35 bits per heavy atom. The van der Waals surface area contributed by atoms with E-state index in [1.54, 1.807) is 7.05 Å². The highest BCUT2D eigenvalue weighted by atomic mass is 16.5. The van der Waals surface area contributed by atoms with E-state index in [-0.39, 0.29) is 11.6 Å². The lowest BCUT2D eigenvalue weighted by molar-refractivity contribution is -0.118. The monoisotopic (exact) mass is 331 g/mol. The number of ketones is 2. The van der Waals surface area contributed by atoms with Gasteiger partial charge in [0.1, 0.15) is 17.9 Å². The van der Waals surface area contributed by atoms with Crippen molar-refractivity contribution in [3.05, 3.63) is 0 Å². The van der Waals surface area contributed by atoms with Gasteiger partial charge in [-0.25, -0.2) is 0 Å². The Morgan fingerprint density at radius 3 is 1.70 bits per heavy atom. The second-order valence-corrected chi connectivity index (χ2v) is 5.55. The highest BCUT2D eigenvalue weighted by Gasteiger charge is 2.29. The number of hydrogen-bond acceptors (Lipinski definition) is 7. The summed E-state index contributed by atoms with van der Waals surface area (Å²) in [5, 5.41) is 3.14. The van der Waals surface area contributed by atoms with Crippen LogP contribution in [-0.4, -0.2) is 70.1 Å². The minimum Gasteiger partial charge on any atom is -0.379 e. The second kappa shape index (κ2) is 13.3. The van der Waals surface area contributed by atoms with Crippen molar-refractivity contribution in [3.63, 3.8) is 0 Å². The molecule has 0 bridgehead atoms. The molecule has 7 heteroatoms. The number of likely N-dealkylation sites (N-methyl/N-ethyl adjacent to an activating group) is 1. The summed E-state index contributed by atoms with van der Waals surface area (Å²) in [5.41, 5.74) is -0.587. The molecule has 1 N–H and O–H groups in total. The number of Topliss-reactive ketones (excluding diaryl/α,β-unsaturated/α-hetero) is 2. The largest absolute Gasteiger partial charge is 0.379 e. The van der Waals surface area contributed by atoms with Crippen molar-refractivity contribution in [1.82, 2.24) is 5.32 Å². The molecule has 0 aromatic carbocycles. The Hall–Kier alpha value is -1.15. The normalized spacial score (nSPS) is 11.4. The molecule has 0 aliphatic rings. The molecule has 7 nitrogen and oxygen atoms in total. The molecule has 0 spiro atoms. The molecule has 0 aliphatic heterocycles. The molecular formula is C16H29NO6. The van der Waals surface area contributed by atoms with Gasteiger partial charge in [0, 0.05) is 19.3 Å². The fourth-order valence-corrected chi connectivity index (χ4v) is 1.71. The van der Waals surface area contributed by atoms with Gasteiger partial charge in [0.2, 0.25) is 0 Å². The molecule has 0 rings (SSSR count). The molecule has 0 amide bonds. The van der Waals surface area contributed by atoms with Crippen LogP contribution in [0, 0.1) is 0 Å². The van der Waals surface area contributed by atoms with Crippen LogP contribution in [0.3, 0.4) is 0 Å². The average Bonchev–Trinajstić information content (AvgIpc) is 2.51. The zero-order valence-corrected chi connectivity index (χ0v) is 14.4. The molecule has 0 heterocycles. The quantitative estimate of drug-likeness (QED) is 0.326. The summed E-state index contributed by atoms with van der Waals surface area (Å²) >= 11 is 0. The minimum atomic E-state index is -0.587. The fourth-order valence-electron chi connectivity index (χ4n) is 1.71. The molecule has 0 saturated heterocycles. The van der Waals surface area contributed by atoms with Crippen LogP contribution < -0.4 is 5.32 Å². The lowest BCUT2D eigenvalue weighted by Crippen LogP contribution is -2.55. The lowest BCUT2D eigenvalue weighted by atomic mass is 10.0. The second-order valence-electron chi connectivity index (χ2n) is 5.55. The number of ether oxygens (including phenoxy) is 3. The van der Waals surface area contributed by atoms with Gasteiger partial charge in [-0.3, -0.25) is 9.59 Å². The highest BCUT2D eigenvalue weighted by Crippen LogP contribution is 2.09. The maximum atomic E-state index is 10.9. The zero-order chi connectivity index (χ0) is 17.6. The van der Waals surface area contributed by atoms with Gasteiger partial charge >= 0.3 is 0 Å². The first-order valence-electron chi connectivity index (χ1n) is 7.80. The molecule has 0 unspecified atom stereocenters. The van der Waals surface area contributed by atoms with E-state index in [9.17, 15) is 14.4 Å². The van der Waals surface area contributed by atoms with E-state index in [0.717, 1.165) is 6.29 Å². The van der Waals surface area contributed by atoms with Crippen molar-refractivity contribution in [2.24, 2.45) is 0 Å². The molecule has 0 fully saturated rings. The van der Waals surface area contributed by atoms with Gasteiger partial charge in [-0.1, -0.05) is 0 Å². The number of aldehydes is 1. The average molecular weight is 331 g/mol. The molecule has 0 radical (unpaired) electrons. The lowest BCUT2D eigenvalue weighted by Gasteiger charge is -2.32. The Morgan fingerprint density at radius 1 is 0.913 bits per heavy atom. The number of carbonyl (C=O) groups is 3. The third-order valence-electron chi connectivity index (χ3n) is 3.24. The zero-order valence-electron chi connectivity index (χ0n) is 14.4. The van der Waals surface area contributed by atoms with E-state index >= 15 is 0 Å². The van der Waals surface area contributed by atoms with Gasteiger partial charge in [-0.15, -0.1) is 0 Å². The summed E-state index contributed by atoms with van der Waals surface area (Å²) in [7, 11) is 1.77. The predicted molar refractivity (Wildman–Crippen MR) is 85.5 cm³/mol. The molecule has 0 aromatic rings. The summed E-state index contributed by atoms with van der Waals surface area (Å²) in [6.45, 7) is 4.94. The van der Waals surface area contributed by atoms with E-state index in [2.05, 4.69) is 5.32 Å². The van der Waals surface area contributed by atoms with Gasteiger partial charge < -0.3 is 24.3 Å². The van der Waals surface area contributed by atoms with E-state index in [0.29, 0.717) is 58.9 Å². The van der Waals surface area contributed by atoms with Gasteiger partial charge in [0.25, 0.3) is 0 Å². The highest BCUT2D eigenvalue weighted by molar-refractivity contribution is 5.75. The van der Waals surface area contributed by atoms with Gasteiger partial charge in [0.05, 0.1) is 45.2 Å². The van der Waals surface area contributed by atoms with Crippen LogP contribution in [-0.2, 0) is 28.6 Å². The number of carbonyl (C=O) groups excluding carboxylic acids is 3. The van der Waals surface area contributed by atoms with Crippen LogP contribution in [0.5, 0.6) is 0 Å². The summed E-state index contributed by atoms with van der Waals surface area (Å²) in [5.74, 6) is 0.139. The Bertz CT molecular complexity index is 336. The molecule has 134 valence electrons. The molecule has 23 heavy (non-hydrogen) atoms. The maximum absolute atomic E-state index is 10.9. The fraction of sp³-hybridized carbons (Fsp3) is 0.812. The number of rotatable bonds is 16. The van der Waals surface area contributed by atoms with Crippen LogP contribution in [0.1, 0.15) is 33.1 Å². The summed E-state index contributed by atoms with van der Waals surface area (Å²) in [6.07, 6.45) is 1.85. The summed E-state index contributed by atoms with van der Waals surface area (Å²) in [6, 6.07) is 0. The summed E-state index contributed by atoms with van der Waals surface area (Å²) < 4.78 is 16.6. The van der Waals surface area contributed by atoms with Crippen molar-refractivity contribution < 1.29 is 28.6 Å². The molecular weight excluding hydrogens is 302 g/mol. The minimum absolute atomic E-state index is 0.0694. The van der Waals surface area contributed by atoms with Gasteiger partial charge in [-0.2, -0.15) is 0 Å². The molecule has 0 atom stereocenters. The molecule has 0 saturated carbocycles. The van der Waals surface area contributed by atoms with Gasteiger partial charge in [-0.05, 0) is 20.9 Å². The van der Waals surface area contributed by atoms with Crippen molar-refractivity contribution in [3.8, 4) is 0 Å². The van der Waals surface area contributed by atoms with Crippen molar-refractivity contribution >= 4 is 17.9 Å². The Balaban J connectivity index is 4.40. The Kier molecular flexibility index (Phi) is 12.6. The third kappa shape index (κ3) is 12.0. The SMILES string of the molecule is CNC(COCCC=O)(COCCC(C)=O)COCCC(C)=O. The summed E-state index contributed by atoms with van der Waals surface area (Å²) in [4.78, 5) is 32.2. The van der Waals surface area contributed by atoms with Crippen LogP contribution in [0.4, 0.5) is 0 Å². The first-order valence-corrected chi connectivity index (χ1v) is 7.80. The van der Waals surface area contributed by atoms with Crippen molar-refractivity contribution in [2.75, 3.05) is 46.7 Å². The van der Waals surface area contributed by atoms with E-state index in [1.807, 2.05) is 0 Å². The molecule has 0 aliphatic carbocycles. The van der Waals surface area contributed by atoms with E-state index in [1.165, 1.54) is 13.8 Å². The van der Waals surface area contributed by atoms with E-state index < -0.39 is 5.54 Å². The first kappa shape index (κ1) is 21.9. The Labute approximate surface area is 138 Å². The van der Waals surface area contributed by atoms with Crippen LogP contribution >= 0.6 is 0 Å². The number of hydrogen-bond donors (Lipinski definition) is 1. The van der Waals surface area contributed by atoms with Crippen molar-refractivity contribution in [1.29, 1.82) is 0 Å². The third-order valence-corrected chi connectivity index (χ3v) is 3.24.